The molecular weight excluding hydrogens is 308 g/mol. The van der Waals surface area contributed by atoms with Crippen LogP contribution in [0.15, 0.2) is 26.9 Å². The summed E-state index contributed by atoms with van der Waals surface area (Å²) >= 11 is 1.57. The van der Waals surface area contributed by atoms with Crippen LogP contribution in [-0.4, -0.2) is 11.6 Å². The number of carbonyl (C=O) groups is 1. The van der Waals surface area contributed by atoms with Gasteiger partial charge in [-0.1, -0.05) is 50.3 Å². The van der Waals surface area contributed by atoms with Gasteiger partial charge in [-0.3, -0.25) is 4.79 Å². The molecule has 0 aromatic rings. The topological polar surface area (TPSA) is 50.7 Å². The molecule has 4 nitrogen and oxygen atoms in total. The van der Waals surface area contributed by atoms with Gasteiger partial charge in [-0.2, -0.15) is 5.10 Å². The molecule has 2 aliphatic carbocycles. The zero-order valence-electron chi connectivity index (χ0n) is 13.5. The minimum Gasteiger partial charge on any atom is -0.453 e. The summed E-state index contributed by atoms with van der Waals surface area (Å²) in [4.78, 5) is 12.3. The maximum Gasteiger partial charge on any atom is 0.277 e. The Morgan fingerprint density at radius 3 is 2.35 bits per heavy atom. The molecule has 1 N–H and O–H groups in total. The molecule has 4 aliphatic rings. The van der Waals surface area contributed by atoms with Crippen molar-refractivity contribution >= 4 is 23.4 Å². The number of ether oxygens (including phenoxy) is 1. The van der Waals surface area contributed by atoms with Crippen LogP contribution < -0.4 is 5.43 Å². The SMILES string of the molecule is O=C1NN=C(C2CCCCC2)/C1=C1\OC(C2CCCCC2)=CS1. The molecule has 2 heterocycles. The number of hydrogen-bond donors (Lipinski definition) is 1. The van der Waals surface area contributed by atoms with Gasteiger partial charge in [-0.15, -0.1) is 0 Å². The van der Waals surface area contributed by atoms with Crippen molar-refractivity contribution in [1.29, 1.82) is 0 Å². The molecule has 124 valence electrons. The Morgan fingerprint density at radius 2 is 1.65 bits per heavy atom. The van der Waals surface area contributed by atoms with E-state index in [9.17, 15) is 4.79 Å². The lowest BCUT2D eigenvalue weighted by atomic mass is 9.83. The zero-order valence-corrected chi connectivity index (χ0v) is 14.3. The molecule has 1 amide bonds. The highest BCUT2D eigenvalue weighted by atomic mass is 32.2. The highest BCUT2D eigenvalue weighted by Crippen LogP contribution is 2.43. The Kier molecular flexibility index (Phi) is 4.47. The molecule has 0 unspecified atom stereocenters. The standard InChI is InChI=1S/C18H24N2O2S/c21-17-15(16(19-20-17)13-9-5-2-6-10-13)18-22-14(11-23-18)12-7-3-1-4-8-12/h11-13H,1-10H2,(H,20,21)/b18-15-. The second-order valence-corrected chi connectivity index (χ2v) is 7.85. The van der Waals surface area contributed by atoms with Gasteiger partial charge < -0.3 is 4.74 Å². The molecule has 0 saturated heterocycles. The maximum absolute atomic E-state index is 12.3. The molecule has 2 fully saturated rings. The molecule has 0 spiro atoms. The lowest BCUT2D eigenvalue weighted by Gasteiger charge is -2.23. The van der Waals surface area contributed by atoms with Crippen LogP contribution in [0.2, 0.25) is 0 Å². The van der Waals surface area contributed by atoms with Crippen molar-refractivity contribution in [3.05, 3.63) is 21.8 Å². The number of carbonyl (C=O) groups excluding carboxylic acids is 1. The normalized spacial score (nSPS) is 30.0. The summed E-state index contributed by atoms with van der Waals surface area (Å²) in [7, 11) is 0. The second-order valence-electron chi connectivity index (χ2n) is 7.01. The summed E-state index contributed by atoms with van der Waals surface area (Å²) in [5.41, 5.74) is 4.30. The van der Waals surface area contributed by atoms with E-state index >= 15 is 0 Å². The Labute approximate surface area is 141 Å². The number of nitrogens with one attached hydrogen (secondary N) is 1. The third-order valence-electron chi connectivity index (χ3n) is 5.46. The van der Waals surface area contributed by atoms with Gasteiger partial charge >= 0.3 is 0 Å². The summed E-state index contributed by atoms with van der Waals surface area (Å²) in [6, 6.07) is 0. The first-order chi connectivity index (χ1) is 11.3. The maximum atomic E-state index is 12.3. The third-order valence-corrected chi connectivity index (χ3v) is 6.31. The van der Waals surface area contributed by atoms with Crippen molar-refractivity contribution in [2.24, 2.45) is 16.9 Å². The van der Waals surface area contributed by atoms with Crippen molar-refractivity contribution in [2.75, 3.05) is 0 Å². The van der Waals surface area contributed by atoms with E-state index < -0.39 is 0 Å². The van der Waals surface area contributed by atoms with Gasteiger partial charge in [0.05, 0.1) is 5.71 Å². The van der Waals surface area contributed by atoms with E-state index in [0.717, 1.165) is 29.4 Å². The lowest BCUT2D eigenvalue weighted by molar-refractivity contribution is -0.116. The fourth-order valence-corrected chi connectivity index (χ4v) is 5.07. The first-order valence-corrected chi connectivity index (χ1v) is 9.88. The molecule has 2 aliphatic heterocycles. The van der Waals surface area contributed by atoms with Gasteiger partial charge in [0, 0.05) is 17.2 Å². The molecule has 0 radical (unpaired) electrons. The van der Waals surface area contributed by atoms with E-state index in [1.165, 1.54) is 51.4 Å². The number of hydrogen-bond acceptors (Lipinski definition) is 4. The van der Waals surface area contributed by atoms with Gasteiger partial charge in [-0.25, -0.2) is 5.43 Å². The van der Waals surface area contributed by atoms with E-state index in [1.807, 2.05) is 0 Å². The fourth-order valence-electron chi connectivity index (χ4n) is 4.15. The molecule has 0 aromatic heterocycles. The number of rotatable bonds is 2. The molecule has 0 atom stereocenters. The van der Waals surface area contributed by atoms with Gasteiger partial charge in [0.1, 0.15) is 11.3 Å². The van der Waals surface area contributed by atoms with Gasteiger partial charge in [0.25, 0.3) is 5.91 Å². The minimum atomic E-state index is -0.0913. The monoisotopic (exact) mass is 332 g/mol. The molecule has 0 aromatic carbocycles. The summed E-state index contributed by atoms with van der Waals surface area (Å²) < 4.78 is 6.14. The highest BCUT2D eigenvalue weighted by Gasteiger charge is 2.36. The number of amides is 1. The van der Waals surface area contributed by atoms with Crippen molar-refractivity contribution in [3.8, 4) is 0 Å². The Hall–Kier alpha value is -1.23. The van der Waals surface area contributed by atoms with E-state index in [4.69, 9.17) is 4.74 Å². The second kappa shape index (κ2) is 6.71. The molecule has 23 heavy (non-hydrogen) atoms. The Bertz CT molecular complexity index is 582. The fraction of sp³-hybridized carbons (Fsp3) is 0.667. The quantitative estimate of drug-likeness (QED) is 0.760. The summed E-state index contributed by atoms with van der Waals surface area (Å²) in [6.07, 6.45) is 12.4. The van der Waals surface area contributed by atoms with Crippen LogP contribution in [0.25, 0.3) is 0 Å². The van der Waals surface area contributed by atoms with E-state index in [-0.39, 0.29) is 5.91 Å². The first-order valence-electron chi connectivity index (χ1n) is 9.00. The van der Waals surface area contributed by atoms with E-state index in [2.05, 4.69) is 15.9 Å². The predicted molar refractivity (Wildman–Crippen MR) is 92.5 cm³/mol. The van der Waals surface area contributed by atoms with Crippen molar-refractivity contribution in [2.45, 2.75) is 64.2 Å². The highest BCUT2D eigenvalue weighted by molar-refractivity contribution is 8.05. The van der Waals surface area contributed by atoms with Crippen molar-refractivity contribution < 1.29 is 9.53 Å². The first kappa shape index (κ1) is 15.3. The number of nitrogens with zero attached hydrogens (tertiary/aromatic N) is 1. The molecule has 4 rings (SSSR count). The van der Waals surface area contributed by atoms with Crippen LogP contribution in [0.4, 0.5) is 0 Å². The Balaban J connectivity index is 1.52. The van der Waals surface area contributed by atoms with Gasteiger partial charge in [-0.05, 0) is 25.7 Å². The van der Waals surface area contributed by atoms with Gasteiger partial charge in [0.15, 0.2) is 5.09 Å². The molecule has 0 bridgehead atoms. The van der Waals surface area contributed by atoms with Crippen LogP contribution in [0.1, 0.15) is 64.2 Å². The summed E-state index contributed by atoms with van der Waals surface area (Å²) in [6.45, 7) is 0. The van der Waals surface area contributed by atoms with Crippen molar-refractivity contribution in [1.82, 2.24) is 5.43 Å². The van der Waals surface area contributed by atoms with E-state index in [0.29, 0.717) is 17.4 Å². The average Bonchev–Trinajstić information content (AvgIpc) is 3.23. The molecular formula is C18H24N2O2S. The smallest absolute Gasteiger partial charge is 0.277 e. The third kappa shape index (κ3) is 3.08. The van der Waals surface area contributed by atoms with Crippen LogP contribution >= 0.6 is 11.8 Å². The number of allylic oxidation sites excluding steroid dienone is 1. The lowest BCUT2D eigenvalue weighted by Crippen LogP contribution is -2.22. The van der Waals surface area contributed by atoms with Crippen LogP contribution in [0.5, 0.6) is 0 Å². The Morgan fingerprint density at radius 1 is 1.00 bits per heavy atom. The molecule has 2 saturated carbocycles. The van der Waals surface area contributed by atoms with E-state index in [1.54, 1.807) is 11.8 Å². The van der Waals surface area contributed by atoms with Gasteiger partial charge in [0.2, 0.25) is 0 Å². The zero-order chi connectivity index (χ0) is 15.6. The van der Waals surface area contributed by atoms with Crippen molar-refractivity contribution in [3.63, 3.8) is 0 Å². The average molecular weight is 332 g/mol. The minimum absolute atomic E-state index is 0.0913. The largest absolute Gasteiger partial charge is 0.453 e. The predicted octanol–water partition coefficient (Wildman–Crippen LogP) is 4.45. The van der Waals surface area contributed by atoms with Crippen LogP contribution in [-0.2, 0) is 9.53 Å². The van der Waals surface area contributed by atoms with Crippen LogP contribution in [0, 0.1) is 11.8 Å². The summed E-state index contributed by atoms with van der Waals surface area (Å²) in [5.74, 6) is 1.92. The summed E-state index contributed by atoms with van der Waals surface area (Å²) in [5, 5.41) is 7.21. The number of thioether (sulfide) groups is 1. The molecule has 5 heteroatoms. The number of hydrazone groups is 1. The van der Waals surface area contributed by atoms with Crippen LogP contribution in [0.3, 0.4) is 0 Å².